The van der Waals surface area contributed by atoms with Gasteiger partial charge in [-0.3, -0.25) is 0 Å². The number of nitrogens with one attached hydrogen (secondary N) is 1. The molecule has 3 aromatic carbocycles. The lowest BCUT2D eigenvalue weighted by atomic mass is 9.98. The number of aromatic nitrogens is 2. The van der Waals surface area contributed by atoms with Gasteiger partial charge in [0.2, 0.25) is 0 Å². The third kappa shape index (κ3) is 3.99. The molecule has 1 aromatic heterocycles. The van der Waals surface area contributed by atoms with Gasteiger partial charge < -0.3 is 10.1 Å². The molecule has 4 nitrogen and oxygen atoms in total. The van der Waals surface area contributed by atoms with Crippen molar-refractivity contribution in [2.75, 3.05) is 0 Å². The van der Waals surface area contributed by atoms with Crippen molar-refractivity contribution in [3.05, 3.63) is 89.2 Å². The molecule has 2 N–H and O–H groups in total. The number of halogens is 1. The van der Waals surface area contributed by atoms with Gasteiger partial charge in [-0.15, -0.1) is 9.60 Å². The lowest BCUT2D eigenvalue weighted by Crippen LogP contribution is -2.31. The molecule has 0 spiro atoms. The zero-order valence-electron chi connectivity index (χ0n) is 18.1. The van der Waals surface area contributed by atoms with Crippen LogP contribution in [0.2, 0.25) is 0 Å². The first-order valence-corrected chi connectivity index (χ1v) is 10.8. The van der Waals surface area contributed by atoms with Crippen LogP contribution in [-0.2, 0) is 13.0 Å². The molecule has 31 heavy (non-hydrogen) atoms. The van der Waals surface area contributed by atoms with Crippen molar-refractivity contribution in [3.8, 4) is 11.1 Å². The lowest BCUT2D eigenvalue weighted by molar-refractivity contribution is -0.0742. The molecule has 5 rings (SSSR count). The molecule has 1 aliphatic rings. The van der Waals surface area contributed by atoms with Crippen molar-refractivity contribution < 1.29 is 9.59 Å². The Morgan fingerprint density at radius 1 is 1.06 bits per heavy atom. The van der Waals surface area contributed by atoms with Crippen LogP contribution in [0.5, 0.6) is 0 Å². The molecular formula is C26H28FN3O. The molecule has 160 valence electrons. The zero-order chi connectivity index (χ0) is 22.0. The molecule has 2 atom stereocenters. The average molecular weight is 418 g/mol. The highest BCUT2D eigenvalue weighted by atomic mass is 19.2. The highest BCUT2D eigenvalue weighted by molar-refractivity contribution is 5.86. The zero-order valence-corrected chi connectivity index (χ0v) is 18.1. The second-order valence-corrected chi connectivity index (χ2v) is 7.71. The van der Waals surface area contributed by atoms with Gasteiger partial charge in [0.15, 0.2) is 0 Å². The number of aliphatic hydroxyl groups is 1. The van der Waals surface area contributed by atoms with E-state index in [1.807, 2.05) is 68.4 Å². The summed E-state index contributed by atoms with van der Waals surface area (Å²) in [7, 11) is 0. The predicted molar refractivity (Wildman–Crippen MR) is 123 cm³/mol. The van der Waals surface area contributed by atoms with E-state index >= 15 is 0 Å². The number of rotatable bonds is 4. The van der Waals surface area contributed by atoms with Gasteiger partial charge >= 0.3 is 0 Å². The highest BCUT2D eigenvalue weighted by Crippen LogP contribution is 2.35. The fourth-order valence-electron chi connectivity index (χ4n) is 4.35. The van der Waals surface area contributed by atoms with E-state index in [4.69, 9.17) is 0 Å². The largest absolute Gasteiger partial charge is 0.387 e. The highest BCUT2D eigenvalue weighted by Gasteiger charge is 2.35. The summed E-state index contributed by atoms with van der Waals surface area (Å²) in [5.74, 6) is 0. The van der Waals surface area contributed by atoms with Crippen LogP contribution in [0.3, 0.4) is 0 Å². The number of imidazole rings is 1. The van der Waals surface area contributed by atoms with Gasteiger partial charge in [0.1, 0.15) is 0 Å². The van der Waals surface area contributed by atoms with E-state index in [-0.39, 0.29) is 6.54 Å². The van der Waals surface area contributed by atoms with Gasteiger partial charge in [0.25, 0.3) is 0 Å². The Labute approximate surface area is 182 Å². The van der Waals surface area contributed by atoms with Crippen LogP contribution < -0.4 is 0 Å². The predicted octanol–water partition coefficient (Wildman–Crippen LogP) is 5.91. The monoisotopic (exact) mass is 417 g/mol. The van der Waals surface area contributed by atoms with Crippen molar-refractivity contribution in [3.63, 3.8) is 0 Å². The number of aromatic amines is 1. The van der Waals surface area contributed by atoms with Crippen molar-refractivity contribution in [1.29, 1.82) is 0 Å². The first-order chi connectivity index (χ1) is 15.1. The van der Waals surface area contributed by atoms with E-state index in [1.165, 1.54) is 0 Å². The van der Waals surface area contributed by atoms with Gasteiger partial charge in [-0.1, -0.05) is 68.4 Å². The summed E-state index contributed by atoms with van der Waals surface area (Å²) < 4.78 is 14.9. The van der Waals surface area contributed by atoms with Crippen LogP contribution in [0.15, 0.2) is 67.0 Å². The summed E-state index contributed by atoms with van der Waals surface area (Å²) in [6, 6.07) is 19.1. The summed E-state index contributed by atoms with van der Waals surface area (Å²) in [5, 5.41) is 11.3. The molecule has 0 fully saturated rings. The van der Waals surface area contributed by atoms with Crippen LogP contribution >= 0.6 is 0 Å². The van der Waals surface area contributed by atoms with E-state index < -0.39 is 12.1 Å². The van der Waals surface area contributed by atoms with Crippen molar-refractivity contribution in [1.82, 2.24) is 15.1 Å². The molecule has 0 bridgehead atoms. The number of H-pyrrole nitrogens is 1. The van der Waals surface area contributed by atoms with Crippen LogP contribution in [0, 0.1) is 6.92 Å². The molecule has 0 saturated carbocycles. The Bertz CT molecular complexity index is 1170. The molecule has 0 aliphatic heterocycles. The number of nitrogens with zero attached hydrogens (tertiary/aromatic N) is 2. The molecular weight excluding hydrogens is 389 g/mol. The fraction of sp³-hybridized carbons (Fsp3) is 0.269. The molecule has 1 heterocycles. The third-order valence-corrected chi connectivity index (χ3v) is 5.97. The summed E-state index contributed by atoms with van der Waals surface area (Å²) in [6.45, 7) is 6.21. The first-order valence-electron chi connectivity index (χ1n) is 10.8. The summed E-state index contributed by atoms with van der Waals surface area (Å²) >= 11 is 0. The fourth-order valence-corrected chi connectivity index (χ4v) is 4.35. The quantitative estimate of drug-likeness (QED) is 0.406. The number of aryl methyl sites for hydroxylation is 1. The molecule has 0 radical (unpaired) electrons. The molecule has 2 unspecified atom stereocenters. The first kappa shape index (κ1) is 21.2. The summed E-state index contributed by atoms with van der Waals surface area (Å²) in [5.41, 5.74) is 8.04. The van der Waals surface area contributed by atoms with Crippen LogP contribution in [0.1, 0.15) is 42.2 Å². The maximum atomic E-state index is 14.9. The second-order valence-electron chi connectivity index (χ2n) is 7.71. The topological polar surface area (TPSA) is 52.1 Å². The maximum Gasteiger partial charge on any atom is 0.0977 e. The molecule has 4 aromatic rings. The summed E-state index contributed by atoms with van der Waals surface area (Å²) in [4.78, 5) is 7.52. The van der Waals surface area contributed by atoms with Crippen LogP contribution in [-0.4, -0.2) is 26.2 Å². The minimum atomic E-state index is -0.793. The number of hydrogen-bond donors (Lipinski definition) is 2. The van der Waals surface area contributed by atoms with E-state index in [0.717, 1.165) is 49.5 Å². The molecule has 0 amide bonds. The third-order valence-electron chi connectivity index (χ3n) is 5.97. The van der Waals surface area contributed by atoms with E-state index in [2.05, 4.69) is 23.0 Å². The van der Waals surface area contributed by atoms with E-state index in [9.17, 15) is 9.59 Å². The van der Waals surface area contributed by atoms with Gasteiger partial charge in [-0.2, -0.15) is 0 Å². The van der Waals surface area contributed by atoms with Gasteiger partial charge in [-0.05, 0) is 52.8 Å². The number of fused-ring (bicyclic) bond motifs is 2. The van der Waals surface area contributed by atoms with Crippen LogP contribution in [0.4, 0.5) is 4.48 Å². The minimum Gasteiger partial charge on any atom is -0.387 e. The van der Waals surface area contributed by atoms with Gasteiger partial charge in [0, 0.05) is 0 Å². The number of aliphatic hydroxyl groups excluding tert-OH is 1. The molecule has 0 saturated heterocycles. The van der Waals surface area contributed by atoms with Gasteiger partial charge in [-0.25, -0.2) is 4.98 Å². The second kappa shape index (κ2) is 9.00. The van der Waals surface area contributed by atoms with E-state index in [1.54, 1.807) is 6.33 Å². The Morgan fingerprint density at radius 3 is 2.55 bits per heavy atom. The normalized spacial score (nSPS) is 17.5. The van der Waals surface area contributed by atoms with Gasteiger partial charge in [0.05, 0.1) is 36.1 Å². The number of benzene rings is 3. The average Bonchev–Trinajstić information content (AvgIpc) is 3.42. The smallest absolute Gasteiger partial charge is 0.0977 e. The SMILES string of the molecule is CC.Cc1c(-c2ccc(CN(F)C3Cc4ccccc4C3O)cc2)ccc2[nH]cnc12. The van der Waals surface area contributed by atoms with Crippen molar-refractivity contribution in [2.24, 2.45) is 0 Å². The van der Waals surface area contributed by atoms with Crippen molar-refractivity contribution in [2.45, 2.75) is 45.9 Å². The van der Waals surface area contributed by atoms with Crippen molar-refractivity contribution >= 4 is 11.0 Å². The lowest BCUT2D eigenvalue weighted by Gasteiger charge is -2.22. The standard InChI is InChI=1S/C24H22FN3O.C2H6/c1-15-19(10-11-21-23(15)27-14-26-21)17-8-6-16(7-9-17)13-28(25)22-12-18-4-2-3-5-20(18)24(22)29;1-2/h2-11,14,22,24,29H,12-13H2,1H3,(H,26,27);1-2H3. The molecule has 1 aliphatic carbocycles. The van der Waals surface area contributed by atoms with Crippen LogP contribution in [0.25, 0.3) is 22.2 Å². The maximum absolute atomic E-state index is 14.9. The summed E-state index contributed by atoms with van der Waals surface area (Å²) in [6.07, 6.45) is 1.43. The Hall–Kier alpha value is -3.02. The Morgan fingerprint density at radius 2 is 1.81 bits per heavy atom. The minimum absolute atomic E-state index is 0.146. The number of hydrogen-bond acceptors (Lipinski definition) is 3. The Balaban J connectivity index is 0.00000112. The molecule has 5 heteroatoms. The Kier molecular flexibility index (Phi) is 6.16. The van der Waals surface area contributed by atoms with E-state index in [0.29, 0.717) is 6.42 Å².